The van der Waals surface area contributed by atoms with Crippen LogP contribution in [0.5, 0.6) is 0 Å². The first-order valence-corrected chi connectivity index (χ1v) is 6.15. The summed E-state index contributed by atoms with van der Waals surface area (Å²) in [6.45, 7) is 6.81. The second kappa shape index (κ2) is 5.53. The van der Waals surface area contributed by atoms with Crippen LogP contribution >= 0.6 is 0 Å². The Morgan fingerprint density at radius 3 is 2.32 bits per heavy atom. The standard InChI is InChI=1S/C14H21F2NO2/c1-13(2,14(3,4)19)17-8-12(18)10-7-9(15)5-6-11(10)16/h5-7,12,17-19H,8H2,1-4H3. The maximum atomic E-state index is 13.5. The lowest BCUT2D eigenvalue weighted by atomic mass is 9.86. The highest BCUT2D eigenvalue weighted by Crippen LogP contribution is 2.23. The van der Waals surface area contributed by atoms with Crippen LogP contribution in [0.4, 0.5) is 8.78 Å². The number of β-amino-alcohol motifs (C(OH)–C–C–N with tert-alkyl or cyclic N) is 1. The molecule has 0 bridgehead atoms. The first-order valence-electron chi connectivity index (χ1n) is 6.15. The molecule has 0 aliphatic carbocycles. The fraction of sp³-hybridized carbons (Fsp3) is 0.571. The Balaban J connectivity index is 2.76. The van der Waals surface area contributed by atoms with E-state index in [1.807, 2.05) is 0 Å². The van der Waals surface area contributed by atoms with Gasteiger partial charge in [0.1, 0.15) is 11.6 Å². The maximum Gasteiger partial charge on any atom is 0.129 e. The molecular weight excluding hydrogens is 252 g/mol. The number of hydrogen-bond acceptors (Lipinski definition) is 3. The average molecular weight is 273 g/mol. The van der Waals surface area contributed by atoms with Crippen LogP contribution < -0.4 is 5.32 Å². The summed E-state index contributed by atoms with van der Waals surface area (Å²) in [7, 11) is 0. The molecule has 0 aliphatic rings. The molecule has 1 aromatic rings. The molecule has 0 fully saturated rings. The molecule has 0 amide bonds. The van der Waals surface area contributed by atoms with Gasteiger partial charge in [0.25, 0.3) is 0 Å². The summed E-state index contributed by atoms with van der Waals surface area (Å²) in [5, 5.41) is 22.8. The van der Waals surface area contributed by atoms with Crippen molar-refractivity contribution in [3.05, 3.63) is 35.4 Å². The van der Waals surface area contributed by atoms with Crippen LogP contribution in [0.25, 0.3) is 0 Å². The summed E-state index contributed by atoms with van der Waals surface area (Å²) >= 11 is 0. The second-order valence-corrected chi connectivity index (χ2v) is 5.75. The van der Waals surface area contributed by atoms with Gasteiger partial charge in [-0.25, -0.2) is 8.78 Å². The summed E-state index contributed by atoms with van der Waals surface area (Å²) in [5.74, 6) is -1.26. The van der Waals surface area contributed by atoms with Crippen LogP contribution in [0.3, 0.4) is 0 Å². The fourth-order valence-electron chi connectivity index (χ4n) is 1.45. The third kappa shape index (κ3) is 3.96. The Kier molecular flexibility index (Phi) is 4.66. The molecule has 0 aromatic heterocycles. The lowest BCUT2D eigenvalue weighted by Gasteiger charge is -2.38. The highest BCUT2D eigenvalue weighted by molar-refractivity contribution is 5.21. The molecule has 19 heavy (non-hydrogen) atoms. The van der Waals surface area contributed by atoms with Gasteiger partial charge >= 0.3 is 0 Å². The molecular formula is C14H21F2NO2. The van der Waals surface area contributed by atoms with Crippen molar-refractivity contribution in [1.82, 2.24) is 5.32 Å². The number of rotatable bonds is 5. The van der Waals surface area contributed by atoms with Gasteiger partial charge in [0.15, 0.2) is 0 Å². The number of benzene rings is 1. The molecule has 0 heterocycles. The monoisotopic (exact) mass is 273 g/mol. The smallest absolute Gasteiger partial charge is 0.129 e. The lowest BCUT2D eigenvalue weighted by Crippen LogP contribution is -2.56. The minimum Gasteiger partial charge on any atom is -0.389 e. The minimum absolute atomic E-state index is 0.0113. The predicted octanol–water partition coefficient (Wildman–Crippen LogP) is 2.14. The molecule has 1 atom stereocenters. The first-order chi connectivity index (χ1) is 8.54. The molecule has 3 N–H and O–H groups in total. The van der Waals surface area contributed by atoms with Crippen molar-refractivity contribution in [2.75, 3.05) is 6.54 Å². The van der Waals surface area contributed by atoms with Gasteiger partial charge < -0.3 is 15.5 Å². The molecule has 0 spiro atoms. The van der Waals surface area contributed by atoms with Crippen LogP contribution in [0.15, 0.2) is 18.2 Å². The quantitative estimate of drug-likeness (QED) is 0.770. The second-order valence-electron chi connectivity index (χ2n) is 5.75. The molecule has 0 radical (unpaired) electrons. The Morgan fingerprint density at radius 2 is 1.79 bits per heavy atom. The summed E-state index contributed by atoms with van der Waals surface area (Å²) in [6, 6.07) is 2.95. The van der Waals surface area contributed by atoms with Gasteiger partial charge in [-0.3, -0.25) is 0 Å². The van der Waals surface area contributed by atoms with E-state index in [4.69, 9.17) is 0 Å². The van der Waals surface area contributed by atoms with E-state index in [1.165, 1.54) is 0 Å². The molecule has 3 nitrogen and oxygen atoms in total. The van der Waals surface area contributed by atoms with Gasteiger partial charge in [-0.15, -0.1) is 0 Å². The Morgan fingerprint density at radius 1 is 1.21 bits per heavy atom. The van der Waals surface area contributed by atoms with Crippen LogP contribution in [-0.4, -0.2) is 27.9 Å². The van der Waals surface area contributed by atoms with Crippen molar-refractivity contribution in [3.63, 3.8) is 0 Å². The fourth-order valence-corrected chi connectivity index (χ4v) is 1.45. The van der Waals surface area contributed by atoms with E-state index < -0.39 is 28.9 Å². The Bertz CT molecular complexity index is 442. The number of halogens is 2. The van der Waals surface area contributed by atoms with Gasteiger partial charge in [-0.05, 0) is 45.9 Å². The van der Waals surface area contributed by atoms with E-state index in [9.17, 15) is 19.0 Å². The van der Waals surface area contributed by atoms with Crippen molar-refractivity contribution in [1.29, 1.82) is 0 Å². The largest absolute Gasteiger partial charge is 0.389 e. The van der Waals surface area contributed by atoms with Crippen molar-refractivity contribution < 1.29 is 19.0 Å². The van der Waals surface area contributed by atoms with E-state index in [2.05, 4.69) is 5.32 Å². The SMILES string of the molecule is CC(C)(O)C(C)(C)NCC(O)c1cc(F)ccc1F. The van der Waals surface area contributed by atoms with Gasteiger partial charge in [-0.1, -0.05) is 0 Å². The number of aliphatic hydroxyl groups is 2. The third-order valence-corrected chi connectivity index (χ3v) is 3.58. The Hall–Kier alpha value is -1.04. The molecule has 5 heteroatoms. The van der Waals surface area contributed by atoms with Crippen molar-refractivity contribution in [3.8, 4) is 0 Å². The maximum absolute atomic E-state index is 13.5. The third-order valence-electron chi connectivity index (χ3n) is 3.58. The van der Waals surface area contributed by atoms with Gasteiger partial charge in [0.05, 0.1) is 11.7 Å². The van der Waals surface area contributed by atoms with E-state index in [-0.39, 0.29) is 12.1 Å². The molecule has 0 aliphatic heterocycles. The normalized spacial score (nSPS) is 14.5. The van der Waals surface area contributed by atoms with Gasteiger partial charge in [-0.2, -0.15) is 0 Å². The molecule has 1 unspecified atom stereocenters. The zero-order valence-electron chi connectivity index (χ0n) is 11.7. The molecule has 0 saturated carbocycles. The van der Waals surface area contributed by atoms with E-state index in [1.54, 1.807) is 27.7 Å². The molecule has 108 valence electrons. The Labute approximate surface area is 112 Å². The summed E-state index contributed by atoms with van der Waals surface area (Å²) < 4.78 is 26.5. The van der Waals surface area contributed by atoms with E-state index in [0.717, 1.165) is 18.2 Å². The molecule has 1 rings (SSSR count). The topological polar surface area (TPSA) is 52.5 Å². The highest BCUT2D eigenvalue weighted by atomic mass is 19.1. The van der Waals surface area contributed by atoms with Crippen LogP contribution in [0, 0.1) is 11.6 Å². The van der Waals surface area contributed by atoms with Crippen molar-refractivity contribution >= 4 is 0 Å². The van der Waals surface area contributed by atoms with Gasteiger partial charge in [0, 0.05) is 17.6 Å². The molecule has 0 saturated heterocycles. The zero-order chi connectivity index (χ0) is 14.8. The summed E-state index contributed by atoms with van der Waals surface area (Å²) in [4.78, 5) is 0. The van der Waals surface area contributed by atoms with Crippen LogP contribution in [0.2, 0.25) is 0 Å². The highest BCUT2D eigenvalue weighted by Gasteiger charge is 2.35. The van der Waals surface area contributed by atoms with E-state index >= 15 is 0 Å². The van der Waals surface area contributed by atoms with Crippen molar-refractivity contribution in [2.45, 2.75) is 44.9 Å². The lowest BCUT2D eigenvalue weighted by molar-refractivity contribution is -0.00994. The summed E-state index contributed by atoms with van der Waals surface area (Å²) in [6.07, 6.45) is -1.18. The first kappa shape index (κ1) is 16.0. The van der Waals surface area contributed by atoms with Crippen LogP contribution in [0.1, 0.15) is 39.4 Å². The zero-order valence-corrected chi connectivity index (χ0v) is 11.7. The van der Waals surface area contributed by atoms with Crippen molar-refractivity contribution in [2.24, 2.45) is 0 Å². The molecule has 1 aromatic carbocycles. The average Bonchev–Trinajstić information content (AvgIpc) is 2.28. The van der Waals surface area contributed by atoms with Gasteiger partial charge in [0.2, 0.25) is 0 Å². The predicted molar refractivity (Wildman–Crippen MR) is 69.7 cm³/mol. The number of aliphatic hydroxyl groups excluding tert-OH is 1. The number of hydrogen-bond donors (Lipinski definition) is 3. The van der Waals surface area contributed by atoms with E-state index in [0.29, 0.717) is 0 Å². The number of nitrogens with one attached hydrogen (secondary N) is 1. The van der Waals surface area contributed by atoms with Crippen LogP contribution in [-0.2, 0) is 0 Å². The summed E-state index contributed by atoms with van der Waals surface area (Å²) in [5.41, 5.74) is -1.80. The minimum atomic E-state index is -1.18.